The predicted octanol–water partition coefficient (Wildman–Crippen LogP) is 4.15. The van der Waals surface area contributed by atoms with Crippen LogP contribution in [-0.2, 0) is 16.1 Å². The molecule has 1 amide bonds. The van der Waals surface area contributed by atoms with E-state index in [2.05, 4.69) is 11.9 Å². The van der Waals surface area contributed by atoms with Crippen molar-refractivity contribution < 1.29 is 14.3 Å². The highest BCUT2D eigenvalue weighted by atomic mass is 32.1. The number of aryl methyl sites for hydroxylation is 1. The lowest BCUT2D eigenvalue weighted by Gasteiger charge is -2.41. The Morgan fingerprint density at radius 3 is 2.52 bits per heavy atom. The second-order valence-electron chi connectivity index (χ2n) is 7.18. The first-order chi connectivity index (χ1) is 10.7. The van der Waals surface area contributed by atoms with Gasteiger partial charge in [0, 0.05) is 24.2 Å². The molecule has 0 unspecified atom stereocenters. The molecular weight excluding hydrogens is 312 g/mol. The summed E-state index contributed by atoms with van der Waals surface area (Å²) in [5.41, 5.74) is 0.437. The Hall–Kier alpha value is -1.14. The van der Waals surface area contributed by atoms with Gasteiger partial charge in [-0.25, -0.2) is 9.78 Å². The number of amides is 1. The van der Waals surface area contributed by atoms with Crippen LogP contribution in [0.2, 0.25) is 0 Å². The van der Waals surface area contributed by atoms with E-state index in [1.165, 1.54) is 0 Å². The summed E-state index contributed by atoms with van der Waals surface area (Å²) in [5, 5.41) is 3.06. The van der Waals surface area contributed by atoms with Crippen LogP contribution >= 0.6 is 11.3 Å². The van der Waals surface area contributed by atoms with E-state index in [1.807, 2.05) is 33.1 Å². The summed E-state index contributed by atoms with van der Waals surface area (Å²) in [6.45, 7) is 11.7. The van der Waals surface area contributed by atoms with E-state index in [4.69, 9.17) is 9.47 Å². The Morgan fingerprint density at radius 1 is 1.39 bits per heavy atom. The maximum Gasteiger partial charge on any atom is 0.410 e. The number of thiazole rings is 1. The minimum Gasteiger partial charge on any atom is -0.444 e. The number of nitrogens with zero attached hydrogens (tertiary/aromatic N) is 2. The average Bonchev–Trinajstić information content (AvgIpc) is 2.89. The van der Waals surface area contributed by atoms with Crippen LogP contribution in [0.25, 0.3) is 0 Å². The van der Waals surface area contributed by atoms with E-state index in [0.29, 0.717) is 19.7 Å². The molecule has 1 aliphatic rings. The van der Waals surface area contributed by atoms with Crippen LogP contribution in [-0.4, -0.2) is 40.3 Å². The van der Waals surface area contributed by atoms with Crippen molar-refractivity contribution in [2.45, 2.75) is 71.7 Å². The Balaban J connectivity index is 1.87. The van der Waals surface area contributed by atoms with Crippen LogP contribution in [0.3, 0.4) is 0 Å². The van der Waals surface area contributed by atoms with Gasteiger partial charge in [0.05, 0.1) is 12.2 Å². The van der Waals surface area contributed by atoms with Crippen molar-refractivity contribution in [1.29, 1.82) is 0 Å². The molecular formula is C17H28N2O3S. The molecule has 5 nitrogen and oxygen atoms in total. The summed E-state index contributed by atoms with van der Waals surface area (Å²) in [6.07, 6.45) is 2.40. The minimum atomic E-state index is -0.449. The number of aromatic nitrogens is 1. The number of carbonyl (C=O) groups is 1. The normalized spacial score (nSPS) is 18.0. The first kappa shape index (κ1) is 18.2. The average molecular weight is 340 g/mol. The molecule has 1 fully saturated rings. The summed E-state index contributed by atoms with van der Waals surface area (Å²) in [6, 6.07) is 0. The molecule has 2 heterocycles. The number of carbonyl (C=O) groups excluding carboxylic acids is 1. The van der Waals surface area contributed by atoms with Crippen LogP contribution < -0.4 is 0 Å². The molecule has 0 atom stereocenters. The van der Waals surface area contributed by atoms with E-state index in [1.54, 1.807) is 16.2 Å². The van der Waals surface area contributed by atoms with Crippen molar-refractivity contribution in [3.8, 4) is 0 Å². The third-order valence-corrected chi connectivity index (χ3v) is 5.08. The van der Waals surface area contributed by atoms with Gasteiger partial charge in [0.1, 0.15) is 10.6 Å². The summed E-state index contributed by atoms with van der Waals surface area (Å²) < 4.78 is 11.7. The zero-order valence-electron chi connectivity index (χ0n) is 14.8. The summed E-state index contributed by atoms with van der Waals surface area (Å²) in [7, 11) is 0. The van der Waals surface area contributed by atoms with Gasteiger partial charge in [-0.2, -0.15) is 0 Å². The SMILES string of the molecule is CCC1(OCc2nc(C)cs2)CCN(C(=O)OC(C)(C)C)CC1. The van der Waals surface area contributed by atoms with Crippen molar-refractivity contribution in [3.05, 3.63) is 16.1 Å². The Labute approximate surface area is 143 Å². The topological polar surface area (TPSA) is 51.7 Å². The molecule has 0 spiro atoms. The number of hydrogen-bond acceptors (Lipinski definition) is 5. The summed E-state index contributed by atoms with van der Waals surface area (Å²) >= 11 is 1.64. The van der Waals surface area contributed by atoms with E-state index in [0.717, 1.165) is 30.0 Å². The minimum absolute atomic E-state index is 0.155. The van der Waals surface area contributed by atoms with Gasteiger partial charge in [-0.15, -0.1) is 11.3 Å². The molecule has 0 radical (unpaired) electrons. The van der Waals surface area contributed by atoms with Crippen LogP contribution in [0.4, 0.5) is 4.79 Å². The van der Waals surface area contributed by atoms with E-state index in [-0.39, 0.29) is 11.7 Å². The van der Waals surface area contributed by atoms with Gasteiger partial charge in [0.2, 0.25) is 0 Å². The van der Waals surface area contributed by atoms with Crippen molar-refractivity contribution in [2.75, 3.05) is 13.1 Å². The second-order valence-corrected chi connectivity index (χ2v) is 8.12. The summed E-state index contributed by atoms with van der Waals surface area (Å²) in [5.74, 6) is 0. The fraction of sp³-hybridized carbons (Fsp3) is 0.765. The zero-order chi connectivity index (χ0) is 17.1. The molecule has 0 bridgehead atoms. The molecule has 1 aromatic heterocycles. The Bertz CT molecular complexity index is 528. The van der Waals surface area contributed by atoms with Crippen molar-refractivity contribution in [3.63, 3.8) is 0 Å². The van der Waals surface area contributed by atoms with E-state index >= 15 is 0 Å². The molecule has 2 rings (SSSR count). The van der Waals surface area contributed by atoms with Gasteiger partial charge in [-0.3, -0.25) is 0 Å². The summed E-state index contributed by atoms with van der Waals surface area (Å²) in [4.78, 5) is 18.4. The van der Waals surface area contributed by atoms with Crippen LogP contribution in [0.15, 0.2) is 5.38 Å². The zero-order valence-corrected chi connectivity index (χ0v) is 15.7. The van der Waals surface area contributed by atoms with E-state index < -0.39 is 5.60 Å². The van der Waals surface area contributed by atoms with Crippen molar-refractivity contribution in [1.82, 2.24) is 9.88 Å². The van der Waals surface area contributed by atoms with Gasteiger partial charge in [-0.05, 0) is 47.0 Å². The maximum atomic E-state index is 12.1. The molecule has 1 saturated heterocycles. The van der Waals surface area contributed by atoms with Gasteiger partial charge in [0.25, 0.3) is 0 Å². The van der Waals surface area contributed by atoms with Gasteiger partial charge in [0.15, 0.2) is 0 Å². The monoisotopic (exact) mass is 340 g/mol. The number of ether oxygens (including phenoxy) is 2. The highest BCUT2D eigenvalue weighted by Gasteiger charge is 2.36. The second kappa shape index (κ2) is 7.18. The van der Waals surface area contributed by atoms with Crippen LogP contribution in [0, 0.1) is 6.92 Å². The lowest BCUT2D eigenvalue weighted by molar-refractivity contribution is -0.0954. The number of piperidine rings is 1. The van der Waals surface area contributed by atoms with Crippen LogP contribution in [0.5, 0.6) is 0 Å². The molecule has 1 aliphatic heterocycles. The Morgan fingerprint density at radius 2 is 2.04 bits per heavy atom. The molecule has 0 N–H and O–H groups in total. The molecule has 23 heavy (non-hydrogen) atoms. The van der Waals surface area contributed by atoms with Gasteiger partial charge in [-0.1, -0.05) is 6.92 Å². The molecule has 0 aliphatic carbocycles. The molecule has 0 aromatic carbocycles. The number of hydrogen-bond donors (Lipinski definition) is 0. The molecule has 130 valence electrons. The molecule has 6 heteroatoms. The number of rotatable bonds is 4. The third kappa shape index (κ3) is 5.18. The predicted molar refractivity (Wildman–Crippen MR) is 91.7 cm³/mol. The van der Waals surface area contributed by atoms with Crippen LogP contribution in [0.1, 0.15) is 57.7 Å². The third-order valence-electron chi connectivity index (χ3n) is 4.14. The maximum absolute atomic E-state index is 12.1. The number of likely N-dealkylation sites (tertiary alicyclic amines) is 1. The standard InChI is InChI=1S/C17H28N2O3S/c1-6-17(21-11-14-18-13(2)12-23-14)7-9-19(10-8-17)15(20)22-16(3,4)5/h12H,6-11H2,1-5H3. The Kier molecular flexibility index (Phi) is 5.68. The lowest BCUT2D eigenvalue weighted by Crippen LogP contribution is -2.49. The highest BCUT2D eigenvalue weighted by Crippen LogP contribution is 2.31. The lowest BCUT2D eigenvalue weighted by atomic mass is 9.88. The van der Waals surface area contributed by atoms with Gasteiger partial charge < -0.3 is 14.4 Å². The van der Waals surface area contributed by atoms with Gasteiger partial charge >= 0.3 is 6.09 Å². The van der Waals surface area contributed by atoms with Crippen molar-refractivity contribution >= 4 is 17.4 Å². The fourth-order valence-electron chi connectivity index (χ4n) is 2.71. The molecule has 0 saturated carbocycles. The first-order valence-electron chi connectivity index (χ1n) is 8.26. The first-order valence-corrected chi connectivity index (χ1v) is 9.14. The fourth-order valence-corrected chi connectivity index (χ4v) is 3.39. The van der Waals surface area contributed by atoms with E-state index in [9.17, 15) is 4.79 Å². The largest absolute Gasteiger partial charge is 0.444 e. The quantitative estimate of drug-likeness (QED) is 0.826. The molecule has 1 aromatic rings. The smallest absolute Gasteiger partial charge is 0.410 e. The highest BCUT2D eigenvalue weighted by molar-refractivity contribution is 7.09. The van der Waals surface area contributed by atoms with Crippen molar-refractivity contribution in [2.24, 2.45) is 0 Å².